The first-order valence-corrected chi connectivity index (χ1v) is 9.27. The molecule has 0 spiro atoms. The molecule has 1 aliphatic carbocycles. The van der Waals surface area contributed by atoms with Gasteiger partial charge in [0.1, 0.15) is 11.5 Å². The van der Waals surface area contributed by atoms with Crippen molar-refractivity contribution in [2.45, 2.75) is 40.0 Å². The van der Waals surface area contributed by atoms with Crippen LogP contribution in [-0.4, -0.2) is 18.4 Å². The minimum Gasteiger partial charge on any atom is -0.461 e. The van der Waals surface area contributed by atoms with E-state index in [4.69, 9.17) is 4.42 Å². The minimum atomic E-state index is -0.333. The highest BCUT2D eigenvalue weighted by atomic mass is 16.3. The van der Waals surface area contributed by atoms with E-state index in [-0.39, 0.29) is 18.4 Å². The zero-order valence-electron chi connectivity index (χ0n) is 16.3. The molecule has 1 saturated carbocycles. The summed E-state index contributed by atoms with van der Waals surface area (Å²) >= 11 is 0. The first-order valence-electron chi connectivity index (χ1n) is 9.27. The maximum atomic E-state index is 12.1. The van der Waals surface area contributed by atoms with Gasteiger partial charge in [0.25, 0.3) is 0 Å². The van der Waals surface area contributed by atoms with E-state index in [1.54, 1.807) is 6.08 Å². The van der Waals surface area contributed by atoms with Crippen molar-refractivity contribution < 1.29 is 14.0 Å². The zero-order valence-corrected chi connectivity index (χ0v) is 16.3. The highest BCUT2D eigenvalue weighted by Crippen LogP contribution is 2.47. The van der Waals surface area contributed by atoms with Crippen LogP contribution < -0.4 is 10.6 Å². The monoisotopic (exact) mass is 366 g/mol. The average molecular weight is 366 g/mol. The summed E-state index contributed by atoms with van der Waals surface area (Å²) in [6.07, 6.45) is 4.17. The van der Waals surface area contributed by atoms with E-state index in [0.29, 0.717) is 17.6 Å². The lowest BCUT2D eigenvalue weighted by Gasteiger charge is -2.12. The van der Waals surface area contributed by atoms with E-state index in [9.17, 15) is 9.59 Å². The van der Waals surface area contributed by atoms with Gasteiger partial charge in [0.15, 0.2) is 0 Å². The van der Waals surface area contributed by atoms with Crippen LogP contribution in [0.25, 0.3) is 6.08 Å². The zero-order chi connectivity index (χ0) is 19.6. The van der Waals surface area contributed by atoms with Crippen molar-refractivity contribution in [3.05, 3.63) is 58.6 Å². The molecule has 2 amide bonds. The van der Waals surface area contributed by atoms with Gasteiger partial charge in [-0.2, -0.15) is 0 Å². The van der Waals surface area contributed by atoms with Gasteiger partial charge < -0.3 is 15.1 Å². The van der Waals surface area contributed by atoms with Crippen LogP contribution in [0.15, 0.2) is 34.8 Å². The summed E-state index contributed by atoms with van der Waals surface area (Å²) in [5.74, 6) is 2.23. The van der Waals surface area contributed by atoms with Gasteiger partial charge in [0.2, 0.25) is 11.8 Å². The maximum absolute atomic E-state index is 12.1. The fourth-order valence-electron chi connectivity index (χ4n) is 3.32. The number of carbonyl (C=O) groups excluding carboxylic acids is 2. The molecule has 3 rings (SSSR count). The molecule has 0 bridgehead atoms. The molecule has 2 atom stereocenters. The van der Waals surface area contributed by atoms with Crippen LogP contribution in [0.1, 0.15) is 47.5 Å². The Morgan fingerprint density at radius 1 is 1.19 bits per heavy atom. The van der Waals surface area contributed by atoms with Crippen molar-refractivity contribution >= 4 is 23.6 Å². The summed E-state index contributed by atoms with van der Waals surface area (Å²) in [7, 11) is 0. The summed E-state index contributed by atoms with van der Waals surface area (Å²) in [4.78, 5) is 24.1. The van der Waals surface area contributed by atoms with Crippen LogP contribution >= 0.6 is 0 Å². The van der Waals surface area contributed by atoms with Crippen molar-refractivity contribution in [2.75, 3.05) is 11.9 Å². The van der Waals surface area contributed by atoms with E-state index < -0.39 is 0 Å². The summed E-state index contributed by atoms with van der Waals surface area (Å²) in [6.45, 7) is 8.04. The topological polar surface area (TPSA) is 71.3 Å². The molecule has 5 nitrogen and oxygen atoms in total. The summed E-state index contributed by atoms with van der Waals surface area (Å²) in [5, 5.41) is 5.46. The van der Waals surface area contributed by atoms with Crippen molar-refractivity contribution in [3.63, 3.8) is 0 Å². The Hall–Kier alpha value is -2.82. The van der Waals surface area contributed by atoms with Gasteiger partial charge in [-0.3, -0.25) is 9.59 Å². The molecule has 1 aromatic heterocycles. The lowest BCUT2D eigenvalue weighted by molar-refractivity contribution is -0.121. The van der Waals surface area contributed by atoms with Crippen molar-refractivity contribution in [1.82, 2.24) is 5.32 Å². The Bertz CT molecular complexity index is 872. The van der Waals surface area contributed by atoms with Crippen LogP contribution in [0, 0.1) is 26.7 Å². The van der Waals surface area contributed by atoms with Crippen LogP contribution in [-0.2, 0) is 9.59 Å². The number of hydrogen-bond donors (Lipinski definition) is 2. The van der Waals surface area contributed by atoms with E-state index in [1.807, 2.05) is 45.0 Å². The molecule has 1 aromatic carbocycles. The normalized spacial score (nSPS) is 18.5. The number of amides is 2. The number of carbonyl (C=O) groups is 2. The Balaban J connectivity index is 1.48. The lowest BCUT2D eigenvalue weighted by Crippen LogP contribution is -2.32. The summed E-state index contributed by atoms with van der Waals surface area (Å²) in [6, 6.07) is 7.86. The number of anilines is 1. The highest BCUT2D eigenvalue weighted by Gasteiger charge is 2.36. The van der Waals surface area contributed by atoms with Gasteiger partial charge in [0.05, 0.1) is 6.54 Å². The molecule has 2 unspecified atom stereocenters. The fraction of sp³-hybridized carbons (Fsp3) is 0.364. The van der Waals surface area contributed by atoms with Gasteiger partial charge in [0, 0.05) is 17.7 Å². The minimum absolute atomic E-state index is 0.0844. The van der Waals surface area contributed by atoms with Gasteiger partial charge in [-0.15, -0.1) is 0 Å². The molecule has 1 fully saturated rings. The lowest BCUT2D eigenvalue weighted by atomic mass is 10.1. The molecular formula is C22H26N2O3. The number of furan rings is 1. The average Bonchev–Trinajstić information content (AvgIpc) is 3.15. The molecule has 0 radical (unpaired) electrons. The van der Waals surface area contributed by atoms with Gasteiger partial charge in [-0.25, -0.2) is 0 Å². The molecule has 0 saturated heterocycles. The predicted molar refractivity (Wildman–Crippen MR) is 107 cm³/mol. The highest BCUT2D eigenvalue weighted by molar-refractivity contribution is 5.98. The second-order valence-corrected chi connectivity index (χ2v) is 7.43. The third kappa shape index (κ3) is 4.88. The Morgan fingerprint density at radius 3 is 2.48 bits per heavy atom. The fourth-order valence-corrected chi connectivity index (χ4v) is 3.32. The third-order valence-electron chi connectivity index (χ3n) is 4.89. The first-order chi connectivity index (χ1) is 12.8. The van der Waals surface area contributed by atoms with Gasteiger partial charge >= 0.3 is 0 Å². The number of nitrogens with one attached hydrogen (secondary N) is 2. The molecule has 1 aliphatic rings. The summed E-state index contributed by atoms with van der Waals surface area (Å²) in [5.41, 5.74) is 3.96. The molecular weight excluding hydrogens is 340 g/mol. The molecule has 5 heteroatoms. The van der Waals surface area contributed by atoms with Gasteiger partial charge in [-0.1, -0.05) is 24.6 Å². The number of benzene rings is 1. The second kappa shape index (κ2) is 7.82. The second-order valence-electron chi connectivity index (χ2n) is 7.43. The number of aryl methyl sites for hydroxylation is 3. The molecule has 2 N–H and O–H groups in total. The SMILES string of the molecule is Cc1cc(C)c(NC(=O)CNC(=O)/C=C/c2ccc(C3CC3C)o2)c(C)c1. The number of rotatable bonds is 6. The van der Waals surface area contributed by atoms with Crippen LogP contribution in [0.3, 0.4) is 0 Å². The quantitative estimate of drug-likeness (QED) is 0.756. The Labute approximate surface area is 159 Å². The first kappa shape index (κ1) is 19.0. The van der Waals surface area contributed by atoms with E-state index in [0.717, 1.165) is 34.6 Å². The molecule has 2 aromatic rings. The van der Waals surface area contributed by atoms with E-state index >= 15 is 0 Å². The predicted octanol–water partition coefficient (Wildman–Crippen LogP) is 4.10. The van der Waals surface area contributed by atoms with Crippen LogP contribution in [0.4, 0.5) is 5.69 Å². The van der Waals surface area contributed by atoms with E-state index in [2.05, 4.69) is 17.6 Å². The number of hydrogen-bond acceptors (Lipinski definition) is 3. The summed E-state index contributed by atoms with van der Waals surface area (Å²) < 4.78 is 5.72. The maximum Gasteiger partial charge on any atom is 0.244 e. The Kier molecular flexibility index (Phi) is 5.49. The van der Waals surface area contributed by atoms with Crippen LogP contribution in [0.5, 0.6) is 0 Å². The van der Waals surface area contributed by atoms with Crippen molar-refractivity contribution in [3.8, 4) is 0 Å². The third-order valence-corrected chi connectivity index (χ3v) is 4.89. The van der Waals surface area contributed by atoms with Crippen molar-refractivity contribution in [2.24, 2.45) is 5.92 Å². The molecule has 142 valence electrons. The Morgan fingerprint density at radius 2 is 1.85 bits per heavy atom. The van der Waals surface area contributed by atoms with Crippen molar-refractivity contribution in [1.29, 1.82) is 0 Å². The van der Waals surface area contributed by atoms with Gasteiger partial charge in [-0.05, 0) is 62.4 Å². The molecule has 27 heavy (non-hydrogen) atoms. The standard InChI is InChI=1S/C22H26N2O3/c1-13-9-15(3)22(16(4)10-13)24-21(26)12-23-20(25)8-6-17-5-7-19(27-17)18-11-14(18)2/h5-10,14,18H,11-12H2,1-4H3,(H,23,25)(H,24,26)/b8-6+. The van der Waals surface area contributed by atoms with Crippen LogP contribution in [0.2, 0.25) is 0 Å². The largest absolute Gasteiger partial charge is 0.461 e. The van der Waals surface area contributed by atoms with E-state index in [1.165, 1.54) is 6.08 Å². The molecule has 0 aliphatic heterocycles. The smallest absolute Gasteiger partial charge is 0.244 e. The molecule has 1 heterocycles.